The number of rotatable bonds is 5. The standard InChI is InChI=1S/C14H20ClNO3S/c1-20(17,18)10-9-16-8-4-5-12(11-16)19-14-7-3-2-6-13(14)15/h2-3,6-7,12H,4-5,8-11H2,1H3/t12-/m0/s1. The van der Waals surface area contributed by atoms with Gasteiger partial charge in [-0.25, -0.2) is 8.42 Å². The highest BCUT2D eigenvalue weighted by molar-refractivity contribution is 7.90. The fraction of sp³-hybridized carbons (Fsp3) is 0.571. The van der Waals surface area contributed by atoms with Gasteiger partial charge in [-0.1, -0.05) is 23.7 Å². The summed E-state index contributed by atoms with van der Waals surface area (Å²) in [4.78, 5) is 2.14. The van der Waals surface area contributed by atoms with Crippen LogP contribution in [0.5, 0.6) is 5.75 Å². The van der Waals surface area contributed by atoms with Crippen LogP contribution in [0.4, 0.5) is 0 Å². The van der Waals surface area contributed by atoms with Gasteiger partial charge >= 0.3 is 0 Å². The van der Waals surface area contributed by atoms with Crippen molar-refractivity contribution in [2.24, 2.45) is 0 Å². The Morgan fingerprint density at radius 3 is 2.85 bits per heavy atom. The minimum atomic E-state index is -2.91. The van der Waals surface area contributed by atoms with Crippen molar-refractivity contribution in [3.05, 3.63) is 29.3 Å². The molecule has 4 nitrogen and oxygen atoms in total. The van der Waals surface area contributed by atoms with Gasteiger partial charge in [0.2, 0.25) is 0 Å². The lowest BCUT2D eigenvalue weighted by Gasteiger charge is -2.32. The Balaban J connectivity index is 1.89. The van der Waals surface area contributed by atoms with Crippen LogP contribution in [0.25, 0.3) is 0 Å². The Hall–Kier alpha value is -0.780. The summed E-state index contributed by atoms with van der Waals surface area (Å²) in [7, 11) is -2.91. The second-order valence-electron chi connectivity index (χ2n) is 5.24. The molecule has 1 aliphatic heterocycles. The molecule has 0 spiro atoms. The maximum absolute atomic E-state index is 11.2. The fourth-order valence-electron chi connectivity index (χ4n) is 2.33. The van der Waals surface area contributed by atoms with Gasteiger partial charge in [0.15, 0.2) is 0 Å². The predicted molar refractivity (Wildman–Crippen MR) is 81.3 cm³/mol. The van der Waals surface area contributed by atoms with E-state index in [1.54, 1.807) is 6.07 Å². The van der Waals surface area contributed by atoms with Crippen LogP contribution in [0, 0.1) is 0 Å². The largest absolute Gasteiger partial charge is 0.488 e. The molecule has 0 bridgehead atoms. The molecule has 0 N–H and O–H groups in total. The number of hydrogen-bond acceptors (Lipinski definition) is 4. The number of benzene rings is 1. The minimum absolute atomic E-state index is 0.0724. The topological polar surface area (TPSA) is 46.6 Å². The van der Waals surface area contributed by atoms with Crippen LogP contribution in [0.3, 0.4) is 0 Å². The highest BCUT2D eigenvalue weighted by Gasteiger charge is 2.22. The molecule has 1 fully saturated rings. The molecule has 1 atom stereocenters. The molecule has 0 aromatic heterocycles. The number of nitrogens with zero attached hydrogens (tertiary/aromatic N) is 1. The molecular weight excluding hydrogens is 298 g/mol. The molecule has 20 heavy (non-hydrogen) atoms. The molecule has 0 saturated carbocycles. The first-order valence-corrected chi connectivity index (χ1v) is 9.19. The fourth-order valence-corrected chi connectivity index (χ4v) is 3.10. The Morgan fingerprint density at radius 1 is 1.40 bits per heavy atom. The SMILES string of the molecule is CS(=O)(=O)CCN1CCC[C@H](Oc2ccccc2Cl)C1. The van der Waals surface area contributed by atoms with Gasteiger partial charge < -0.3 is 4.74 Å². The van der Waals surface area contributed by atoms with E-state index in [9.17, 15) is 8.42 Å². The summed E-state index contributed by atoms with van der Waals surface area (Å²) in [6.45, 7) is 2.25. The molecule has 2 rings (SSSR count). The Morgan fingerprint density at radius 2 is 2.15 bits per heavy atom. The van der Waals surface area contributed by atoms with Crippen molar-refractivity contribution in [3.63, 3.8) is 0 Å². The summed E-state index contributed by atoms with van der Waals surface area (Å²) >= 11 is 6.08. The van der Waals surface area contributed by atoms with Crippen molar-refractivity contribution in [3.8, 4) is 5.75 Å². The van der Waals surface area contributed by atoms with E-state index in [-0.39, 0.29) is 11.9 Å². The van der Waals surface area contributed by atoms with Crippen LogP contribution in [0.1, 0.15) is 12.8 Å². The molecule has 1 heterocycles. The van der Waals surface area contributed by atoms with Gasteiger partial charge in [0.05, 0.1) is 10.8 Å². The van der Waals surface area contributed by atoms with Gasteiger partial charge in [-0.05, 0) is 31.5 Å². The molecule has 0 radical (unpaired) electrons. The maximum atomic E-state index is 11.2. The zero-order valence-corrected chi connectivity index (χ0v) is 13.2. The van der Waals surface area contributed by atoms with Crippen LogP contribution in [0.15, 0.2) is 24.3 Å². The monoisotopic (exact) mass is 317 g/mol. The molecule has 0 aliphatic carbocycles. The Bertz CT molecular complexity index is 547. The lowest BCUT2D eigenvalue weighted by Crippen LogP contribution is -2.43. The maximum Gasteiger partial charge on any atom is 0.148 e. The van der Waals surface area contributed by atoms with E-state index in [0.29, 0.717) is 17.3 Å². The number of likely N-dealkylation sites (tertiary alicyclic amines) is 1. The zero-order chi connectivity index (χ0) is 14.6. The van der Waals surface area contributed by atoms with E-state index in [2.05, 4.69) is 4.90 Å². The third kappa shape index (κ3) is 4.96. The quantitative estimate of drug-likeness (QED) is 0.835. The summed E-state index contributed by atoms with van der Waals surface area (Å²) in [6, 6.07) is 7.43. The number of piperidine rings is 1. The van der Waals surface area contributed by atoms with E-state index in [4.69, 9.17) is 16.3 Å². The molecule has 1 saturated heterocycles. The number of hydrogen-bond donors (Lipinski definition) is 0. The first kappa shape index (κ1) is 15.6. The molecule has 0 unspecified atom stereocenters. The Labute approximate surface area is 125 Å². The highest BCUT2D eigenvalue weighted by Crippen LogP contribution is 2.26. The lowest BCUT2D eigenvalue weighted by atomic mass is 10.1. The first-order chi connectivity index (χ1) is 9.44. The predicted octanol–water partition coefficient (Wildman–Crippen LogP) is 2.23. The molecule has 1 aromatic rings. The van der Waals surface area contributed by atoms with Gasteiger partial charge in [-0.3, -0.25) is 4.90 Å². The van der Waals surface area contributed by atoms with Crippen molar-refractivity contribution in [2.45, 2.75) is 18.9 Å². The van der Waals surface area contributed by atoms with Crippen molar-refractivity contribution in [1.29, 1.82) is 0 Å². The van der Waals surface area contributed by atoms with Gasteiger partial charge in [0.25, 0.3) is 0 Å². The number of sulfone groups is 1. The van der Waals surface area contributed by atoms with Crippen LogP contribution in [0.2, 0.25) is 5.02 Å². The van der Waals surface area contributed by atoms with Crippen molar-refractivity contribution in [2.75, 3.05) is 31.6 Å². The van der Waals surface area contributed by atoms with E-state index in [1.165, 1.54) is 6.26 Å². The number of ether oxygens (including phenoxy) is 1. The molecule has 0 amide bonds. The van der Waals surface area contributed by atoms with Crippen LogP contribution in [-0.2, 0) is 9.84 Å². The minimum Gasteiger partial charge on any atom is -0.488 e. The first-order valence-electron chi connectivity index (χ1n) is 6.75. The number of para-hydroxylation sites is 1. The molecule has 112 valence electrons. The van der Waals surface area contributed by atoms with Gasteiger partial charge in [0, 0.05) is 19.3 Å². The van der Waals surface area contributed by atoms with E-state index in [1.807, 2.05) is 18.2 Å². The molecular formula is C14H20ClNO3S. The normalized spacial score (nSPS) is 20.8. The molecule has 1 aliphatic rings. The average Bonchev–Trinajstić information content (AvgIpc) is 2.39. The summed E-state index contributed by atoms with van der Waals surface area (Å²) < 4.78 is 28.4. The third-order valence-corrected chi connectivity index (χ3v) is 4.61. The summed E-state index contributed by atoms with van der Waals surface area (Å²) in [5, 5.41) is 0.612. The van der Waals surface area contributed by atoms with Gasteiger partial charge in [-0.15, -0.1) is 0 Å². The highest BCUT2D eigenvalue weighted by atomic mass is 35.5. The lowest BCUT2D eigenvalue weighted by molar-refractivity contribution is 0.0924. The van der Waals surface area contributed by atoms with Gasteiger partial charge in [-0.2, -0.15) is 0 Å². The third-order valence-electron chi connectivity index (χ3n) is 3.37. The van der Waals surface area contributed by atoms with E-state index in [0.717, 1.165) is 25.9 Å². The smallest absolute Gasteiger partial charge is 0.148 e. The zero-order valence-electron chi connectivity index (χ0n) is 11.6. The summed E-state index contributed by atoms with van der Waals surface area (Å²) in [5.74, 6) is 0.898. The molecule has 6 heteroatoms. The summed E-state index contributed by atoms with van der Waals surface area (Å²) in [5.41, 5.74) is 0. The van der Waals surface area contributed by atoms with Crippen LogP contribution >= 0.6 is 11.6 Å². The second kappa shape index (κ2) is 6.78. The van der Waals surface area contributed by atoms with Crippen LogP contribution in [-0.4, -0.2) is 51.1 Å². The Kier molecular flexibility index (Phi) is 5.29. The van der Waals surface area contributed by atoms with E-state index < -0.39 is 9.84 Å². The van der Waals surface area contributed by atoms with Crippen LogP contribution < -0.4 is 4.74 Å². The number of halogens is 1. The molecule has 1 aromatic carbocycles. The van der Waals surface area contributed by atoms with E-state index >= 15 is 0 Å². The van der Waals surface area contributed by atoms with Gasteiger partial charge in [0.1, 0.15) is 21.7 Å². The van der Waals surface area contributed by atoms with Crippen molar-refractivity contribution >= 4 is 21.4 Å². The van der Waals surface area contributed by atoms with Crippen molar-refractivity contribution in [1.82, 2.24) is 4.90 Å². The summed E-state index contributed by atoms with van der Waals surface area (Å²) in [6.07, 6.45) is 3.33. The second-order valence-corrected chi connectivity index (χ2v) is 7.91. The average molecular weight is 318 g/mol. The van der Waals surface area contributed by atoms with Crippen molar-refractivity contribution < 1.29 is 13.2 Å².